The molecule has 0 bridgehead atoms. The minimum atomic E-state index is -0.0845. The summed E-state index contributed by atoms with van der Waals surface area (Å²) in [6, 6.07) is 16.9. The van der Waals surface area contributed by atoms with Crippen molar-refractivity contribution in [3.8, 4) is 5.75 Å². The second-order valence-corrected chi connectivity index (χ2v) is 10.1. The van der Waals surface area contributed by atoms with Crippen LogP contribution in [0.3, 0.4) is 0 Å². The lowest BCUT2D eigenvalue weighted by Crippen LogP contribution is -2.55. The van der Waals surface area contributed by atoms with Crippen LogP contribution in [-0.4, -0.2) is 53.2 Å². The predicted octanol–water partition coefficient (Wildman–Crippen LogP) is 4.19. The van der Waals surface area contributed by atoms with Crippen molar-refractivity contribution >= 4 is 10.9 Å². The normalized spacial score (nSPS) is 20.4. The van der Waals surface area contributed by atoms with Crippen molar-refractivity contribution in [2.24, 2.45) is 7.05 Å². The number of nitrogens with zero attached hydrogens (tertiary/aromatic N) is 3. The molecule has 3 aromatic rings. The molecule has 2 aromatic carbocycles. The lowest BCUT2D eigenvalue weighted by molar-refractivity contribution is 0.109. The van der Waals surface area contributed by atoms with Gasteiger partial charge in [0.05, 0.1) is 16.9 Å². The number of fused-ring (bicyclic) bond motifs is 1. The Morgan fingerprint density at radius 2 is 1.83 bits per heavy atom. The molecule has 7 nitrogen and oxygen atoms in total. The number of benzene rings is 2. The number of aromatic nitrogens is 2. The SMILES string of the molecule is CCC[C@H](c1nc2cc(O[C@H](CCNC)c3ccccc3)ccc2c(=O)n1C)N1C[C@@H](C)N[C@@H](C)C1. The lowest BCUT2D eigenvalue weighted by Gasteiger charge is -2.41. The highest BCUT2D eigenvalue weighted by Gasteiger charge is 2.30. The molecule has 0 saturated carbocycles. The van der Waals surface area contributed by atoms with Crippen LogP contribution in [-0.2, 0) is 7.05 Å². The average Bonchev–Trinajstić information content (AvgIpc) is 2.87. The van der Waals surface area contributed by atoms with Gasteiger partial charge in [-0.05, 0) is 51.6 Å². The average molecular weight is 492 g/mol. The Morgan fingerprint density at radius 1 is 1.11 bits per heavy atom. The Bertz CT molecular complexity index is 1190. The van der Waals surface area contributed by atoms with E-state index in [2.05, 4.69) is 48.4 Å². The minimum absolute atomic E-state index is 0.00585. The molecule has 0 unspecified atom stereocenters. The molecular weight excluding hydrogens is 450 g/mol. The fraction of sp³-hybridized carbons (Fsp3) is 0.517. The van der Waals surface area contributed by atoms with Crippen LogP contribution < -0.4 is 20.9 Å². The summed E-state index contributed by atoms with van der Waals surface area (Å²) in [6.07, 6.45) is 2.74. The smallest absolute Gasteiger partial charge is 0.261 e. The molecule has 1 aliphatic rings. The molecule has 1 fully saturated rings. The van der Waals surface area contributed by atoms with Gasteiger partial charge in [0.25, 0.3) is 5.56 Å². The van der Waals surface area contributed by atoms with Crippen molar-refractivity contribution in [3.63, 3.8) is 0 Å². The van der Waals surface area contributed by atoms with Crippen LogP contribution in [0.15, 0.2) is 53.3 Å². The fourth-order valence-electron chi connectivity index (χ4n) is 5.41. The molecule has 1 aliphatic heterocycles. The Balaban J connectivity index is 1.70. The monoisotopic (exact) mass is 491 g/mol. The Morgan fingerprint density at radius 3 is 2.50 bits per heavy atom. The summed E-state index contributed by atoms with van der Waals surface area (Å²) >= 11 is 0. The Kier molecular flexibility index (Phi) is 8.77. The third kappa shape index (κ3) is 5.97. The third-order valence-electron chi connectivity index (χ3n) is 7.08. The van der Waals surface area contributed by atoms with Crippen LogP contribution in [0.5, 0.6) is 5.75 Å². The molecule has 4 atom stereocenters. The van der Waals surface area contributed by atoms with Crippen LogP contribution in [0.2, 0.25) is 0 Å². The Labute approximate surface area is 214 Å². The van der Waals surface area contributed by atoms with E-state index >= 15 is 0 Å². The van der Waals surface area contributed by atoms with Crippen molar-refractivity contribution in [3.05, 3.63) is 70.3 Å². The van der Waals surface area contributed by atoms with Gasteiger partial charge >= 0.3 is 0 Å². The summed E-state index contributed by atoms with van der Waals surface area (Å²) in [5.41, 5.74) is 1.83. The van der Waals surface area contributed by atoms with Crippen LogP contribution in [0.4, 0.5) is 0 Å². The van der Waals surface area contributed by atoms with Crippen molar-refractivity contribution in [2.75, 3.05) is 26.7 Å². The number of rotatable bonds is 10. The zero-order valence-electron chi connectivity index (χ0n) is 22.3. The summed E-state index contributed by atoms with van der Waals surface area (Å²) in [7, 11) is 3.81. The summed E-state index contributed by atoms with van der Waals surface area (Å²) in [5.74, 6) is 1.57. The number of hydrogen-bond acceptors (Lipinski definition) is 6. The molecular formula is C29H41N5O2. The van der Waals surface area contributed by atoms with Crippen LogP contribution >= 0.6 is 0 Å². The summed E-state index contributed by atoms with van der Waals surface area (Å²) in [6.45, 7) is 9.36. The highest BCUT2D eigenvalue weighted by Crippen LogP contribution is 2.29. The van der Waals surface area contributed by atoms with Crippen molar-refractivity contribution in [1.82, 2.24) is 25.1 Å². The van der Waals surface area contributed by atoms with Crippen LogP contribution in [0.1, 0.15) is 63.6 Å². The summed E-state index contributed by atoms with van der Waals surface area (Å²) in [5, 5.41) is 7.46. The van der Waals surface area contributed by atoms with E-state index in [1.807, 2.05) is 50.5 Å². The first-order chi connectivity index (χ1) is 17.4. The molecule has 36 heavy (non-hydrogen) atoms. The molecule has 2 heterocycles. The topological polar surface area (TPSA) is 71.4 Å². The quantitative estimate of drug-likeness (QED) is 0.443. The van der Waals surface area contributed by atoms with Gasteiger partial charge in [-0.2, -0.15) is 0 Å². The largest absolute Gasteiger partial charge is 0.486 e. The number of nitrogens with one attached hydrogen (secondary N) is 2. The predicted molar refractivity (Wildman–Crippen MR) is 147 cm³/mol. The van der Waals surface area contributed by atoms with Crippen LogP contribution in [0, 0.1) is 0 Å². The first-order valence-electron chi connectivity index (χ1n) is 13.3. The molecule has 2 N–H and O–H groups in total. The molecule has 4 rings (SSSR count). The maximum Gasteiger partial charge on any atom is 0.261 e. The van der Waals surface area contributed by atoms with E-state index in [1.54, 1.807) is 4.57 Å². The van der Waals surface area contributed by atoms with E-state index in [-0.39, 0.29) is 17.7 Å². The van der Waals surface area contributed by atoms with E-state index in [0.29, 0.717) is 23.0 Å². The van der Waals surface area contributed by atoms with E-state index in [1.165, 1.54) is 0 Å². The van der Waals surface area contributed by atoms with E-state index in [9.17, 15) is 4.79 Å². The van der Waals surface area contributed by atoms with Crippen molar-refractivity contribution in [2.45, 2.75) is 64.3 Å². The third-order valence-corrected chi connectivity index (χ3v) is 7.08. The van der Waals surface area contributed by atoms with Gasteiger partial charge in [-0.25, -0.2) is 4.98 Å². The van der Waals surface area contributed by atoms with Gasteiger partial charge in [0.2, 0.25) is 0 Å². The zero-order valence-corrected chi connectivity index (χ0v) is 22.3. The maximum absolute atomic E-state index is 13.4. The van der Waals surface area contributed by atoms with Gasteiger partial charge in [-0.15, -0.1) is 0 Å². The Hall–Kier alpha value is -2.74. The van der Waals surface area contributed by atoms with Crippen molar-refractivity contribution < 1.29 is 4.74 Å². The molecule has 0 aliphatic carbocycles. The van der Waals surface area contributed by atoms with Gasteiger partial charge in [0, 0.05) is 44.7 Å². The summed E-state index contributed by atoms with van der Waals surface area (Å²) < 4.78 is 8.22. The molecule has 1 saturated heterocycles. The molecule has 0 amide bonds. The number of piperazine rings is 1. The second kappa shape index (κ2) is 12.0. The van der Waals surface area contributed by atoms with E-state index in [0.717, 1.165) is 56.0 Å². The first kappa shape index (κ1) is 26.3. The first-order valence-corrected chi connectivity index (χ1v) is 13.3. The lowest BCUT2D eigenvalue weighted by atomic mass is 10.0. The maximum atomic E-state index is 13.4. The van der Waals surface area contributed by atoms with Gasteiger partial charge in [0.15, 0.2) is 0 Å². The fourth-order valence-corrected chi connectivity index (χ4v) is 5.41. The van der Waals surface area contributed by atoms with Crippen molar-refractivity contribution in [1.29, 1.82) is 0 Å². The van der Waals surface area contributed by atoms with Gasteiger partial charge in [0.1, 0.15) is 17.7 Å². The molecule has 0 spiro atoms. The van der Waals surface area contributed by atoms with E-state index in [4.69, 9.17) is 9.72 Å². The second-order valence-electron chi connectivity index (χ2n) is 10.1. The van der Waals surface area contributed by atoms with Gasteiger partial charge in [-0.1, -0.05) is 43.7 Å². The number of ether oxygens (including phenoxy) is 1. The highest BCUT2D eigenvalue weighted by atomic mass is 16.5. The molecule has 0 radical (unpaired) electrons. The molecule has 1 aromatic heterocycles. The van der Waals surface area contributed by atoms with Gasteiger partial charge in [-0.3, -0.25) is 14.3 Å². The molecule has 7 heteroatoms. The van der Waals surface area contributed by atoms with Gasteiger partial charge < -0.3 is 15.4 Å². The van der Waals surface area contributed by atoms with Crippen LogP contribution in [0.25, 0.3) is 10.9 Å². The standard InChI is InChI=1S/C29H41N5O2/c1-6-10-26(34-18-20(2)31-21(3)19-34)28-32-25-17-23(13-14-24(25)29(35)33(28)5)36-27(15-16-30-4)22-11-8-7-9-12-22/h7-9,11-14,17,20-21,26-27,30-31H,6,10,15-16,18-19H2,1-5H3/t20-,21+,26-,27-/m1/s1. The molecule has 194 valence electrons. The zero-order chi connectivity index (χ0) is 25.7. The van der Waals surface area contributed by atoms with E-state index < -0.39 is 0 Å². The number of hydrogen-bond donors (Lipinski definition) is 2. The summed E-state index contributed by atoms with van der Waals surface area (Å²) in [4.78, 5) is 21.0. The minimum Gasteiger partial charge on any atom is -0.486 e. The highest BCUT2D eigenvalue weighted by molar-refractivity contribution is 5.79.